The Morgan fingerprint density at radius 1 is 1.35 bits per heavy atom. The van der Waals surface area contributed by atoms with Gasteiger partial charge in [0.25, 0.3) is 0 Å². The summed E-state index contributed by atoms with van der Waals surface area (Å²) in [5, 5.41) is 32.0. The molecule has 1 fully saturated rings. The number of aliphatic hydroxyl groups excluding tert-OH is 3. The number of nitrogens with zero attached hydrogens (tertiary/aromatic N) is 3. The number of ether oxygens (including phenoxy) is 2. The lowest BCUT2D eigenvalue weighted by Gasteiger charge is -2.39. The number of azide groups is 1. The zero-order valence-electron chi connectivity index (χ0n) is 9.09. The van der Waals surface area contributed by atoms with Crippen LogP contribution in [-0.2, 0) is 9.47 Å². The minimum absolute atomic E-state index is 0.124. The largest absolute Gasteiger partial charge is 0.388 e. The van der Waals surface area contributed by atoms with Crippen LogP contribution in [0.5, 0.6) is 0 Å². The number of rotatable bonds is 5. The van der Waals surface area contributed by atoms with Gasteiger partial charge in [-0.2, -0.15) is 0 Å². The SMILES string of the molecule is C=CCOC1O[C@H](CN=[N+]=[N-])[C@@H](O)[C@H](O)[C@@H]1O. The van der Waals surface area contributed by atoms with Gasteiger partial charge in [0.2, 0.25) is 0 Å². The van der Waals surface area contributed by atoms with Crippen molar-refractivity contribution in [3.63, 3.8) is 0 Å². The molecule has 1 heterocycles. The van der Waals surface area contributed by atoms with Crippen LogP contribution in [0.4, 0.5) is 0 Å². The molecule has 1 rings (SSSR count). The van der Waals surface area contributed by atoms with E-state index in [9.17, 15) is 15.3 Å². The molecule has 8 nitrogen and oxygen atoms in total. The molecule has 0 bridgehead atoms. The minimum Gasteiger partial charge on any atom is -0.388 e. The average molecular weight is 245 g/mol. The molecule has 8 heteroatoms. The summed E-state index contributed by atoms with van der Waals surface area (Å²) in [6.07, 6.45) is -4.68. The van der Waals surface area contributed by atoms with Crippen molar-refractivity contribution in [2.24, 2.45) is 5.11 Å². The second kappa shape index (κ2) is 6.55. The summed E-state index contributed by atoms with van der Waals surface area (Å²) in [6, 6.07) is 0. The Bertz CT molecular complexity index is 307. The first-order chi connectivity index (χ1) is 8.11. The second-order valence-electron chi connectivity index (χ2n) is 3.55. The summed E-state index contributed by atoms with van der Waals surface area (Å²) in [5.41, 5.74) is 8.17. The molecule has 0 aliphatic carbocycles. The highest BCUT2D eigenvalue weighted by molar-refractivity contribution is 4.90. The van der Waals surface area contributed by atoms with Gasteiger partial charge in [0.05, 0.1) is 19.3 Å². The van der Waals surface area contributed by atoms with Crippen LogP contribution in [-0.4, -0.2) is 59.2 Å². The fourth-order valence-corrected chi connectivity index (χ4v) is 1.48. The maximum atomic E-state index is 9.58. The molecule has 0 aromatic heterocycles. The van der Waals surface area contributed by atoms with E-state index in [0.717, 1.165) is 0 Å². The van der Waals surface area contributed by atoms with Crippen molar-refractivity contribution in [2.45, 2.75) is 30.7 Å². The van der Waals surface area contributed by atoms with Gasteiger partial charge in [-0.3, -0.25) is 0 Å². The van der Waals surface area contributed by atoms with Crippen LogP contribution in [0.2, 0.25) is 0 Å². The summed E-state index contributed by atoms with van der Waals surface area (Å²) in [4.78, 5) is 2.53. The van der Waals surface area contributed by atoms with Crippen LogP contribution in [0, 0.1) is 0 Å². The Balaban J connectivity index is 2.67. The third-order valence-electron chi connectivity index (χ3n) is 2.37. The van der Waals surface area contributed by atoms with Gasteiger partial charge in [0.15, 0.2) is 6.29 Å². The average Bonchev–Trinajstić information content (AvgIpc) is 2.34. The van der Waals surface area contributed by atoms with Crippen molar-refractivity contribution in [1.82, 2.24) is 0 Å². The fourth-order valence-electron chi connectivity index (χ4n) is 1.48. The monoisotopic (exact) mass is 245 g/mol. The predicted molar refractivity (Wildman–Crippen MR) is 56.8 cm³/mol. The Hall–Kier alpha value is -1.15. The van der Waals surface area contributed by atoms with E-state index in [0.29, 0.717) is 0 Å². The maximum absolute atomic E-state index is 9.58. The molecule has 0 spiro atoms. The van der Waals surface area contributed by atoms with E-state index < -0.39 is 30.7 Å². The normalized spacial score (nSPS) is 37.2. The molecule has 0 aromatic rings. The van der Waals surface area contributed by atoms with Gasteiger partial charge < -0.3 is 24.8 Å². The number of hydrogen-bond acceptors (Lipinski definition) is 6. The van der Waals surface area contributed by atoms with E-state index in [-0.39, 0.29) is 13.2 Å². The molecule has 1 unspecified atom stereocenters. The second-order valence-corrected chi connectivity index (χ2v) is 3.55. The quantitative estimate of drug-likeness (QED) is 0.255. The highest BCUT2D eigenvalue weighted by atomic mass is 16.7. The standard InChI is InChI=1S/C9H15N3O5/c1-2-3-16-9-8(15)7(14)6(13)5(17-9)4-11-12-10/h2,5-9,13-15H,1,3-4H2/t5-,6-,7+,8+,9?/m1/s1. The van der Waals surface area contributed by atoms with Gasteiger partial charge in [0, 0.05) is 4.91 Å². The number of hydrogen-bond donors (Lipinski definition) is 3. The van der Waals surface area contributed by atoms with E-state index >= 15 is 0 Å². The van der Waals surface area contributed by atoms with Crippen molar-refractivity contribution in [1.29, 1.82) is 0 Å². The third kappa shape index (κ3) is 3.40. The lowest BCUT2D eigenvalue weighted by atomic mass is 9.99. The first-order valence-corrected chi connectivity index (χ1v) is 5.04. The molecule has 0 radical (unpaired) electrons. The summed E-state index contributed by atoms with van der Waals surface area (Å²) in [6.45, 7) is 3.40. The zero-order chi connectivity index (χ0) is 12.8. The highest BCUT2D eigenvalue weighted by Crippen LogP contribution is 2.22. The highest BCUT2D eigenvalue weighted by Gasteiger charge is 2.43. The Morgan fingerprint density at radius 2 is 2.06 bits per heavy atom. The van der Waals surface area contributed by atoms with Crippen molar-refractivity contribution in [3.05, 3.63) is 23.1 Å². The van der Waals surface area contributed by atoms with Crippen molar-refractivity contribution in [3.8, 4) is 0 Å². The smallest absolute Gasteiger partial charge is 0.186 e. The Labute approximate surface area is 97.7 Å². The minimum atomic E-state index is -1.42. The van der Waals surface area contributed by atoms with E-state index in [2.05, 4.69) is 16.6 Å². The van der Waals surface area contributed by atoms with E-state index in [1.807, 2.05) is 0 Å². The molecular weight excluding hydrogens is 230 g/mol. The molecular formula is C9H15N3O5. The van der Waals surface area contributed by atoms with Crippen molar-refractivity contribution >= 4 is 0 Å². The molecule has 0 amide bonds. The van der Waals surface area contributed by atoms with Crippen LogP contribution in [0.1, 0.15) is 0 Å². The van der Waals surface area contributed by atoms with Crippen molar-refractivity contribution < 1.29 is 24.8 Å². The molecule has 17 heavy (non-hydrogen) atoms. The summed E-state index contributed by atoms with van der Waals surface area (Å²) in [5.74, 6) is 0. The Kier molecular flexibility index (Phi) is 5.36. The molecule has 5 atom stereocenters. The van der Waals surface area contributed by atoms with Crippen LogP contribution in [0.15, 0.2) is 17.8 Å². The number of aliphatic hydroxyl groups is 3. The van der Waals surface area contributed by atoms with Crippen LogP contribution in [0.3, 0.4) is 0 Å². The Morgan fingerprint density at radius 3 is 2.65 bits per heavy atom. The molecule has 1 saturated heterocycles. The lowest BCUT2D eigenvalue weighted by Crippen LogP contribution is -2.59. The van der Waals surface area contributed by atoms with Gasteiger partial charge in [-0.1, -0.05) is 11.2 Å². The zero-order valence-corrected chi connectivity index (χ0v) is 9.09. The molecule has 96 valence electrons. The molecule has 3 N–H and O–H groups in total. The van der Waals surface area contributed by atoms with Gasteiger partial charge in [0.1, 0.15) is 18.3 Å². The molecule has 1 aliphatic rings. The van der Waals surface area contributed by atoms with Gasteiger partial charge in [-0.05, 0) is 5.53 Å². The van der Waals surface area contributed by atoms with Gasteiger partial charge in [-0.25, -0.2) is 0 Å². The predicted octanol–water partition coefficient (Wildman–Crippen LogP) is -0.693. The summed E-state index contributed by atoms with van der Waals surface area (Å²) < 4.78 is 10.3. The molecule has 1 aliphatic heterocycles. The van der Waals surface area contributed by atoms with E-state index in [1.54, 1.807) is 0 Å². The van der Waals surface area contributed by atoms with Crippen LogP contribution in [0.25, 0.3) is 10.4 Å². The first-order valence-electron chi connectivity index (χ1n) is 5.04. The molecule has 0 saturated carbocycles. The van der Waals surface area contributed by atoms with Gasteiger partial charge >= 0.3 is 0 Å². The van der Waals surface area contributed by atoms with Crippen molar-refractivity contribution in [2.75, 3.05) is 13.2 Å². The summed E-state index contributed by atoms with van der Waals surface area (Å²) >= 11 is 0. The summed E-state index contributed by atoms with van der Waals surface area (Å²) in [7, 11) is 0. The van der Waals surface area contributed by atoms with E-state index in [4.69, 9.17) is 15.0 Å². The van der Waals surface area contributed by atoms with E-state index in [1.165, 1.54) is 6.08 Å². The topological polar surface area (TPSA) is 128 Å². The molecule has 0 aromatic carbocycles. The third-order valence-corrected chi connectivity index (χ3v) is 2.37. The first kappa shape index (κ1) is 13.9. The maximum Gasteiger partial charge on any atom is 0.186 e. The van der Waals surface area contributed by atoms with Gasteiger partial charge in [-0.15, -0.1) is 6.58 Å². The lowest BCUT2D eigenvalue weighted by molar-refractivity contribution is -0.291. The fraction of sp³-hybridized carbons (Fsp3) is 0.778. The van der Waals surface area contributed by atoms with Crippen LogP contribution < -0.4 is 0 Å². The van der Waals surface area contributed by atoms with Crippen LogP contribution >= 0.6 is 0 Å².